The van der Waals surface area contributed by atoms with Crippen molar-refractivity contribution in [3.63, 3.8) is 0 Å². The first kappa shape index (κ1) is 10.9. The predicted octanol–water partition coefficient (Wildman–Crippen LogP) is 3.29. The SMILES string of the molecule is C[CH2][Sn]([CH3])([S]C)[S]C1CSC1. The van der Waals surface area contributed by atoms with Crippen LogP contribution < -0.4 is 0 Å². The summed E-state index contributed by atoms with van der Waals surface area (Å²) in [5, 5.41) is 1.04. The fraction of sp³-hybridized carbons (Fsp3) is 1.00. The summed E-state index contributed by atoms with van der Waals surface area (Å²) < 4.78 is 1.49. The molecule has 1 unspecified atom stereocenters. The van der Waals surface area contributed by atoms with Gasteiger partial charge in [0.1, 0.15) is 0 Å². The van der Waals surface area contributed by atoms with E-state index < -0.39 is 15.6 Å². The van der Waals surface area contributed by atoms with Gasteiger partial charge in [-0.1, -0.05) is 0 Å². The molecule has 0 nitrogen and oxygen atoms in total. The molecular weight excluding hydrogens is 299 g/mol. The van der Waals surface area contributed by atoms with E-state index in [-0.39, 0.29) is 0 Å². The zero-order chi connectivity index (χ0) is 8.32. The summed E-state index contributed by atoms with van der Waals surface area (Å²) in [5.41, 5.74) is 0. The van der Waals surface area contributed by atoms with Crippen LogP contribution in [0.25, 0.3) is 0 Å². The summed E-state index contributed by atoms with van der Waals surface area (Å²) >= 11 is 0.490. The van der Waals surface area contributed by atoms with Crippen LogP contribution in [0, 0.1) is 0 Å². The molecule has 0 N–H and O–H groups in total. The van der Waals surface area contributed by atoms with E-state index >= 15 is 0 Å². The summed E-state index contributed by atoms with van der Waals surface area (Å²) in [6.45, 7) is 2.38. The summed E-state index contributed by atoms with van der Waals surface area (Å²) in [6.07, 6.45) is 2.32. The fourth-order valence-corrected chi connectivity index (χ4v) is 22.6. The van der Waals surface area contributed by atoms with Gasteiger partial charge in [0.15, 0.2) is 0 Å². The Kier molecular flexibility index (Phi) is 4.88. The van der Waals surface area contributed by atoms with E-state index in [9.17, 15) is 0 Å². The van der Waals surface area contributed by atoms with Gasteiger partial charge in [0.2, 0.25) is 0 Å². The van der Waals surface area contributed by atoms with E-state index in [0.29, 0.717) is 0 Å². The van der Waals surface area contributed by atoms with Crippen molar-refractivity contribution in [2.75, 3.05) is 17.8 Å². The molecule has 0 aromatic rings. The molecule has 0 bridgehead atoms. The molecule has 1 aliphatic heterocycles. The number of thioether (sulfide) groups is 1. The summed E-state index contributed by atoms with van der Waals surface area (Å²) in [7, 11) is 4.60. The van der Waals surface area contributed by atoms with Gasteiger partial charge in [0.05, 0.1) is 0 Å². The zero-order valence-electron chi connectivity index (χ0n) is 7.42. The molecule has 1 saturated heterocycles. The average molecular weight is 315 g/mol. The molecule has 11 heavy (non-hydrogen) atoms. The first-order chi connectivity index (χ1) is 5.20. The van der Waals surface area contributed by atoms with E-state index in [4.69, 9.17) is 0 Å². The van der Waals surface area contributed by atoms with E-state index in [1.165, 1.54) is 15.9 Å². The maximum atomic E-state index is 2.58. The molecule has 0 saturated carbocycles. The first-order valence-corrected chi connectivity index (χ1v) is 19.1. The molecule has 0 spiro atoms. The third-order valence-electron chi connectivity index (χ3n) is 2.10. The molecule has 1 atom stereocenters. The zero-order valence-corrected chi connectivity index (χ0v) is 12.7. The molecular formula is C7H16S3Sn. The average Bonchev–Trinajstić information content (AvgIpc) is 1.97. The number of hydrogen-bond acceptors (Lipinski definition) is 3. The van der Waals surface area contributed by atoms with Crippen LogP contribution in [-0.2, 0) is 0 Å². The van der Waals surface area contributed by atoms with Crippen LogP contribution in [0.4, 0.5) is 0 Å². The fourth-order valence-electron chi connectivity index (χ4n) is 0.910. The van der Waals surface area contributed by atoms with E-state index in [2.05, 4.69) is 47.8 Å². The Labute approximate surface area is 83.8 Å². The monoisotopic (exact) mass is 316 g/mol. The Hall–Kier alpha value is 1.85. The van der Waals surface area contributed by atoms with Crippen LogP contribution >= 0.6 is 29.7 Å². The van der Waals surface area contributed by atoms with Gasteiger partial charge in [0, 0.05) is 0 Å². The van der Waals surface area contributed by atoms with Crippen molar-refractivity contribution in [2.24, 2.45) is 0 Å². The molecule has 1 rings (SSSR count). The van der Waals surface area contributed by atoms with Crippen LogP contribution in [0.15, 0.2) is 0 Å². The van der Waals surface area contributed by atoms with Crippen LogP contribution in [-0.4, -0.2) is 38.6 Å². The number of hydrogen-bond donors (Lipinski definition) is 0. The Morgan fingerprint density at radius 1 is 1.55 bits per heavy atom. The van der Waals surface area contributed by atoms with Gasteiger partial charge in [-0.3, -0.25) is 0 Å². The minimum absolute atomic E-state index is 1.04. The second-order valence-electron chi connectivity index (χ2n) is 2.97. The van der Waals surface area contributed by atoms with Crippen molar-refractivity contribution >= 4 is 45.3 Å². The van der Waals surface area contributed by atoms with Crippen molar-refractivity contribution in [1.29, 1.82) is 0 Å². The molecule has 0 aromatic heterocycles. The molecule has 1 aliphatic rings. The maximum absolute atomic E-state index is 2.58. The van der Waals surface area contributed by atoms with Crippen LogP contribution in [0.3, 0.4) is 0 Å². The summed E-state index contributed by atoms with van der Waals surface area (Å²) in [4.78, 5) is 2.58. The van der Waals surface area contributed by atoms with Crippen molar-refractivity contribution in [3.05, 3.63) is 0 Å². The Balaban J connectivity index is 2.29. The second kappa shape index (κ2) is 4.91. The second-order valence-corrected chi connectivity index (χ2v) is 33.2. The van der Waals surface area contributed by atoms with Crippen LogP contribution in [0.1, 0.15) is 6.92 Å². The molecule has 66 valence electrons. The predicted molar refractivity (Wildman–Crippen MR) is 64.3 cm³/mol. The van der Waals surface area contributed by atoms with Gasteiger partial charge in [-0.15, -0.1) is 0 Å². The molecule has 1 fully saturated rings. The molecule has 0 aromatic carbocycles. The minimum atomic E-state index is -1.62. The molecule has 0 radical (unpaired) electrons. The molecule has 0 aliphatic carbocycles. The standard InChI is InChI=1S/C3H6S2.C2H5.CH4S.CH3.Sn/c4-3-1-5-2-3;2*1-2;;/h3-4H,1-2H2;1H2,2H3;2H,1H3;1H3;/q;;;;+2/p-2. The quantitative estimate of drug-likeness (QED) is 0.731. The third-order valence-corrected chi connectivity index (χ3v) is 33.2. The van der Waals surface area contributed by atoms with Gasteiger partial charge in [-0.2, -0.15) is 0 Å². The van der Waals surface area contributed by atoms with E-state index in [0.717, 1.165) is 5.25 Å². The Bertz CT molecular complexity index is 121. The summed E-state index contributed by atoms with van der Waals surface area (Å²) in [5.74, 6) is 2.86. The van der Waals surface area contributed by atoms with Gasteiger partial charge in [-0.05, 0) is 0 Å². The van der Waals surface area contributed by atoms with Crippen molar-refractivity contribution in [3.8, 4) is 0 Å². The first-order valence-electron chi connectivity index (χ1n) is 4.01. The van der Waals surface area contributed by atoms with Gasteiger partial charge < -0.3 is 0 Å². The Morgan fingerprint density at radius 3 is 2.45 bits per heavy atom. The molecule has 1 heterocycles. The van der Waals surface area contributed by atoms with Gasteiger partial charge >= 0.3 is 84.6 Å². The third kappa shape index (κ3) is 3.23. The molecule has 0 amide bonds. The van der Waals surface area contributed by atoms with Crippen molar-refractivity contribution in [2.45, 2.75) is 21.6 Å². The normalized spacial score (nSPS) is 24.3. The van der Waals surface area contributed by atoms with E-state index in [1.54, 1.807) is 0 Å². The summed E-state index contributed by atoms with van der Waals surface area (Å²) in [6, 6.07) is 0. The van der Waals surface area contributed by atoms with Crippen LogP contribution in [0.2, 0.25) is 9.38 Å². The molecule has 4 heteroatoms. The van der Waals surface area contributed by atoms with E-state index in [1.807, 2.05) is 0 Å². The van der Waals surface area contributed by atoms with Crippen molar-refractivity contribution in [1.82, 2.24) is 0 Å². The topological polar surface area (TPSA) is 0 Å². The Morgan fingerprint density at radius 2 is 2.18 bits per heavy atom. The van der Waals surface area contributed by atoms with Gasteiger partial charge in [0.25, 0.3) is 0 Å². The van der Waals surface area contributed by atoms with Crippen molar-refractivity contribution < 1.29 is 0 Å². The van der Waals surface area contributed by atoms with Gasteiger partial charge in [-0.25, -0.2) is 0 Å². The number of rotatable bonds is 4. The van der Waals surface area contributed by atoms with Crippen LogP contribution in [0.5, 0.6) is 0 Å².